The van der Waals surface area contributed by atoms with Crippen LogP contribution in [0.1, 0.15) is 25.0 Å². The highest BCUT2D eigenvalue weighted by atomic mass is 16.6. The molecule has 2 rings (SSSR count). The number of hydrogen-bond donors (Lipinski definition) is 1. The van der Waals surface area contributed by atoms with Gasteiger partial charge in [0.1, 0.15) is 10.7 Å². The molecule has 6 heteroatoms. The molecule has 0 aromatic carbocycles. The minimum absolute atomic E-state index is 0.191. The fourth-order valence-corrected chi connectivity index (χ4v) is 2.21. The number of nitrogens with one attached hydrogen (secondary N) is 1. The van der Waals surface area contributed by atoms with Crippen molar-refractivity contribution in [3.63, 3.8) is 0 Å². The summed E-state index contributed by atoms with van der Waals surface area (Å²) in [5.74, 6) is 0.423. The van der Waals surface area contributed by atoms with E-state index < -0.39 is 4.92 Å². The molecule has 1 aromatic heterocycles. The second-order valence-corrected chi connectivity index (χ2v) is 4.58. The number of nitro groups is 1. The molecule has 0 aliphatic carbocycles. The van der Waals surface area contributed by atoms with Gasteiger partial charge in [-0.2, -0.15) is 0 Å². The van der Waals surface area contributed by atoms with E-state index in [1.54, 1.807) is 6.07 Å². The standard InChI is InChI=1S/C12H19N3O3/c16-15(17)12-5-4-11(18-12)10-13-6-3-9-14-7-1-2-8-14/h4-5,13H,1-3,6-10H2. The Labute approximate surface area is 106 Å². The van der Waals surface area contributed by atoms with E-state index in [1.165, 1.54) is 32.0 Å². The van der Waals surface area contributed by atoms with Crippen molar-refractivity contribution in [1.29, 1.82) is 0 Å². The third-order valence-corrected chi connectivity index (χ3v) is 3.15. The monoisotopic (exact) mass is 253 g/mol. The highest BCUT2D eigenvalue weighted by Crippen LogP contribution is 2.15. The summed E-state index contributed by atoms with van der Waals surface area (Å²) in [4.78, 5) is 12.4. The van der Waals surface area contributed by atoms with Crippen LogP contribution in [-0.4, -0.2) is 36.0 Å². The summed E-state index contributed by atoms with van der Waals surface area (Å²) < 4.78 is 5.05. The molecule has 0 unspecified atom stereocenters. The molecule has 0 amide bonds. The van der Waals surface area contributed by atoms with Gasteiger partial charge in [0.15, 0.2) is 0 Å². The molecule has 1 fully saturated rings. The smallest absolute Gasteiger partial charge is 0.404 e. The molecule has 0 spiro atoms. The van der Waals surface area contributed by atoms with Crippen LogP contribution < -0.4 is 5.32 Å². The molecule has 2 heterocycles. The van der Waals surface area contributed by atoms with Gasteiger partial charge in [-0.05, 0) is 51.5 Å². The molecule has 0 saturated carbocycles. The number of furan rings is 1. The minimum atomic E-state index is -0.517. The second-order valence-electron chi connectivity index (χ2n) is 4.58. The Balaban J connectivity index is 1.58. The van der Waals surface area contributed by atoms with Gasteiger partial charge in [0.05, 0.1) is 12.6 Å². The topological polar surface area (TPSA) is 71.6 Å². The molecule has 0 radical (unpaired) electrons. The summed E-state index contributed by atoms with van der Waals surface area (Å²) in [5, 5.41) is 13.7. The van der Waals surface area contributed by atoms with Crippen molar-refractivity contribution in [3.8, 4) is 0 Å². The lowest BCUT2D eigenvalue weighted by Gasteiger charge is -2.13. The van der Waals surface area contributed by atoms with Gasteiger partial charge in [-0.3, -0.25) is 10.1 Å². The summed E-state index contributed by atoms with van der Waals surface area (Å²) in [6.07, 6.45) is 3.75. The van der Waals surface area contributed by atoms with Crippen molar-refractivity contribution >= 4 is 5.88 Å². The van der Waals surface area contributed by atoms with Gasteiger partial charge in [0.25, 0.3) is 0 Å². The minimum Gasteiger partial charge on any atom is -0.404 e. The van der Waals surface area contributed by atoms with E-state index in [1.807, 2.05) is 0 Å². The normalized spacial score (nSPS) is 16.2. The summed E-state index contributed by atoms with van der Waals surface area (Å²) in [6, 6.07) is 3.03. The molecule has 100 valence electrons. The first-order valence-electron chi connectivity index (χ1n) is 6.42. The first kappa shape index (κ1) is 13.0. The highest BCUT2D eigenvalue weighted by molar-refractivity contribution is 5.17. The van der Waals surface area contributed by atoms with Gasteiger partial charge < -0.3 is 14.6 Å². The van der Waals surface area contributed by atoms with Crippen molar-refractivity contribution < 1.29 is 9.34 Å². The lowest BCUT2D eigenvalue weighted by Crippen LogP contribution is -2.24. The van der Waals surface area contributed by atoms with E-state index in [0.717, 1.165) is 19.5 Å². The van der Waals surface area contributed by atoms with Crippen LogP contribution in [0.25, 0.3) is 0 Å². The van der Waals surface area contributed by atoms with Gasteiger partial charge in [0.2, 0.25) is 0 Å². The van der Waals surface area contributed by atoms with Crippen molar-refractivity contribution in [1.82, 2.24) is 10.2 Å². The molecule has 1 aliphatic rings. The Morgan fingerprint density at radius 3 is 2.83 bits per heavy atom. The van der Waals surface area contributed by atoms with E-state index in [0.29, 0.717) is 12.3 Å². The molecule has 1 aliphatic heterocycles. The van der Waals surface area contributed by atoms with E-state index >= 15 is 0 Å². The van der Waals surface area contributed by atoms with Crippen LogP contribution in [0.5, 0.6) is 0 Å². The maximum absolute atomic E-state index is 10.4. The molecule has 0 bridgehead atoms. The van der Waals surface area contributed by atoms with Crippen LogP contribution in [0.15, 0.2) is 16.5 Å². The Hall–Kier alpha value is -1.40. The SMILES string of the molecule is O=[N+]([O-])c1ccc(CNCCCN2CCCC2)o1. The Kier molecular flexibility index (Phi) is 4.72. The fraction of sp³-hybridized carbons (Fsp3) is 0.667. The van der Waals surface area contributed by atoms with Crippen LogP contribution in [0.3, 0.4) is 0 Å². The van der Waals surface area contributed by atoms with Gasteiger partial charge in [-0.25, -0.2) is 0 Å². The average molecular weight is 253 g/mol. The summed E-state index contributed by atoms with van der Waals surface area (Å²) >= 11 is 0. The summed E-state index contributed by atoms with van der Waals surface area (Å²) in [7, 11) is 0. The third-order valence-electron chi connectivity index (χ3n) is 3.15. The van der Waals surface area contributed by atoms with Crippen molar-refractivity contribution in [2.24, 2.45) is 0 Å². The molecule has 1 N–H and O–H groups in total. The first-order chi connectivity index (χ1) is 8.75. The number of nitrogens with zero attached hydrogens (tertiary/aromatic N) is 2. The third kappa shape index (κ3) is 3.82. The average Bonchev–Trinajstić information content (AvgIpc) is 2.98. The molecule has 1 saturated heterocycles. The van der Waals surface area contributed by atoms with Crippen LogP contribution in [-0.2, 0) is 6.54 Å². The number of hydrogen-bond acceptors (Lipinski definition) is 5. The molecular weight excluding hydrogens is 234 g/mol. The van der Waals surface area contributed by atoms with E-state index in [2.05, 4.69) is 10.2 Å². The van der Waals surface area contributed by atoms with Crippen LogP contribution >= 0.6 is 0 Å². The summed E-state index contributed by atoms with van der Waals surface area (Å²) in [5.41, 5.74) is 0. The zero-order valence-electron chi connectivity index (χ0n) is 10.4. The molecular formula is C12H19N3O3. The highest BCUT2D eigenvalue weighted by Gasteiger charge is 2.12. The second kappa shape index (κ2) is 6.51. The zero-order valence-corrected chi connectivity index (χ0v) is 10.4. The molecule has 1 aromatic rings. The van der Waals surface area contributed by atoms with Crippen molar-refractivity contribution in [3.05, 3.63) is 28.0 Å². The van der Waals surface area contributed by atoms with Crippen molar-refractivity contribution in [2.45, 2.75) is 25.8 Å². The van der Waals surface area contributed by atoms with Crippen LogP contribution in [0, 0.1) is 10.1 Å². The number of rotatable bonds is 7. The van der Waals surface area contributed by atoms with Gasteiger partial charge in [0, 0.05) is 0 Å². The lowest BCUT2D eigenvalue weighted by atomic mass is 10.3. The largest absolute Gasteiger partial charge is 0.433 e. The van der Waals surface area contributed by atoms with Crippen LogP contribution in [0.4, 0.5) is 5.88 Å². The predicted octanol–water partition coefficient (Wildman–Crippen LogP) is 1.76. The van der Waals surface area contributed by atoms with Gasteiger partial charge in [-0.1, -0.05) is 0 Å². The molecule has 0 atom stereocenters. The zero-order chi connectivity index (χ0) is 12.8. The van der Waals surface area contributed by atoms with Gasteiger partial charge in [-0.15, -0.1) is 0 Å². The van der Waals surface area contributed by atoms with Crippen LogP contribution in [0.2, 0.25) is 0 Å². The predicted molar refractivity (Wildman–Crippen MR) is 67.4 cm³/mol. The fourth-order valence-electron chi connectivity index (χ4n) is 2.21. The maximum Gasteiger partial charge on any atom is 0.433 e. The quantitative estimate of drug-likeness (QED) is 0.455. The number of likely N-dealkylation sites (tertiary alicyclic amines) is 1. The van der Waals surface area contributed by atoms with E-state index in [-0.39, 0.29) is 5.88 Å². The first-order valence-corrected chi connectivity index (χ1v) is 6.42. The lowest BCUT2D eigenvalue weighted by molar-refractivity contribution is -0.402. The molecule has 18 heavy (non-hydrogen) atoms. The maximum atomic E-state index is 10.4. The van der Waals surface area contributed by atoms with E-state index in [4.69, 9.17) is 4.42 Å². The van der Waals surface area contributed by atoms with Crippen molar-refractivity contribution in [2.75, 3.05) is 26.2 Å². The Morgan fingerprint density at radius 2 is 2.17 bits per heavy atom. The Bertz CT molecular complexity index is 386. The summed E-state index contributed by atoms with van der Waals surface area (Å²) in [6.45, 7) is 5.04. The Morgan fingerprint density at radius 1 is 1.39 bits per heavy atom. The van der Waals surface area contributed by atoms with E-state index in [9.17, 15) is 10.1 Å². The molecule has 6 nitrogen and oxygen atoms in total. The van der Waals surface area contributed by atoms with Gasteiger partial charge >= 0.3 is 5.88 Å².